The Balaban J connectivity index is 1.39. The summed E-state index contributed by atoms with van der Waals surface area (Å²) in [6.07, 6.45) is 6.98. The molecule has 0 saturated carbocycles. The molecule has 4 aliphatic rings. The Morgan fingerprint density at radius 1 is 1.17 bits per heavy atom. The van der Waals surface area contributed by atoms with Crippen LogP contribution >= 0.6 is 12.2 Å². The largest absolute Gasteiger partial charge is 0.383 e. The molecular formula is C18H34N4OS. The van der Waals surface area contributed by atoms with Crippen LogP contribution in [0.4, 0.5) is 0 Å². The van der Waals surface area contributed by atoms with Crippen molar-refractivity contribution in [1.29, 1.82) is 0 Å². The molecule has 4 saturated heterocycles. The number of likely N-dealkylation sites (tertiary alicyclic amines) is 1. The highest BCUT2D eigenvalue weighted by molar-refractivity contribution is 7.80. The van der Waals surface area contributed by atoms with E-state index in [1.165, 1.54) is 64.8 Å². The SMILES string of the molecule is COCCNC(=S)NCC1CC2CCN1CC2CN1CCCCC1. The number of piperidine rings is 4. The average molecular weight is 355 g/mol. The zero-order chi connectivity index (χ0) is 16.8. The van der Waals surface area contributed by atoms with E-state index < -0.39 is 0 Å². The third-order valence-corrected chi connectivity index (χ3v) is 6.33. The topological polar surface area (TPSA) is 39.8 Å². The van der Waals surface area contributed by atoms with Crippen molar-refractivity contribution in [3.05, 3.63) is 0 Å². The lowest BCUT2D eigenvalue weighted by molar-refractivity contribution is -0.0124. The third-order valence-electron chi connectivity index (χ3n) is 6.05. The maximum Gasteiger partial charge on any atom is 0.166 e. The predicted octanol–water partition coefficient (Wildman–Crippen LogP) is 1.29. The summed E-state index contributed by atoms with van der Waals surface area (Å²) in [6.45, 7) is 9.00. The van der Waals surface area contributed by atoms with Crippen LogP contribution in [0.3, 0.4) is 0 Å². The first-order chi connectivity index (χ1) is 11.8. The van der Waals surface area contributed by atoms with Crippen LogP contribution in [0.1, 0.15) is 32.1 Å². The fraction of sp³-hybridized carbons (Fsp3) is 0.944. The second kappa shape index (κ2) is 9.32. The Kier molecular flexibility index (Phi) is 7.13. The number of nitrogens with one attached hydrogen (secondary N) is 2. The van der Waals surface area contributed by atoms with Gasteiger partial charge in [-0.2, -0.15) is 0 Å². The van der Waals surface area contributed by atoms with E-state index in [9.17, 15) is 0 Å². The summed E-state index contributed by atoms with van der Waals surface area (Å²) in [7, 11) is 1.71. The number of hydrogen-bond donors (Lipinski definition) is 2. The zero-order valence-electron chi connectivity index (χ0n) is 15.1. The summed E-state index contributed by atoms with van der Waals surface area (Å²) < 4.78 is 5.04. The maximum atomic E-state index is 5.35. The van der Waals surface area contributed by atoms with Crippen LogP contribution in [-0.4, -0.2) is 80.5 Å². The molecule has 4 unspecified atom stereocenters. The fourth-order valence-corrected chi connectivity index (χ4v) is 4.87. The summed E-state index contributed by atoms with van der Waals surface area (Å²) in [5.41, 5.74) is 0. The summed E-state index contributed by atoms with van der Waals surface area (Å²) in [5, 5.41) is 7.37. The molecule has 4 heterocycles. The van der Waals surface area contributed by atoms with Crippen LogP contribution < -0.4 is 10.6 Å². The highest BCUT2D eigenvalue weighted by Crippen LogP contribution is 2.36. The van der Waals surface area contributed by atoms with Gasteiger partial charge in [0.2, 0.25) is 0 Å². The van der Waals surface area contributed by atoms with Gasteiger partial charge in [-0.05, 0) is 69.4 Å². The van der Waals surface area contributed by atoms with Gasteiger partial charge in [-0.25, -0.2) is 0 Å². The standard InChI is InChI=1S/C18H34N4OS/c1-23-10-6-19-18(24)20-12-17-11-15-5-9-22(17)14-16(15)13-21-7-3-2-4-8-21/h15-17H,2-14H2,1H3,(H2,19,20,24). The van der Waals surface area contributed by atoms with E-state index in [2.05, 4.69) is 20.4 Å². The second-order valence-electron chi connectivity index (χ2n) is 7.68. The highest BCUT2D eigenvalue weighted by atomic mass is 32.1. The van der Waals surface area contributed by atoms with Gasteiger partial charge in [-0.1, -0.05) is 6.42 Å². The third kappa shape index (κ3) is 5.04. The molecule has 0 radical (unpaired) electrons. The van der Waals surface area contributed by atoms with Gasteiger partial charge in [-0.15, -0.1) is 0 Å². The minimum atomic E-state index is 0.656. The quantitative estimate of drug-likeness (QED) is 0.530. The minimum absolute atomic E-state index is 0.656. The van der Waals surface area contributed by atoms with Gasteiger partial charge in [0.05, 0.1) is 6.61 Å². The van der Waals surface area contributed by atoms with Crippen molar-refractivity contribution in [3.8, 4) is 0 Å². The molecule has 0 aromatic carbocycles. The lowest BCUT2D eigenvalue weighted by atomic mass is 9.75. The Labute approximate surface area is 152 Å². The Morgan fingerprint density at radius 2 is 2.00 bits per heavy atom. The van der Waals surface area contributed by atoms with E-state index in [1.54, 1.807) is 7.11 Å². The summed E-state index contributed by atoms with van der Waals surface area (Å²) >= 11 is 5.35. The van der Waals surface area contributed by atoms with Gasteiger partial charge in [-0.3, -0.25) is 4.90 Å². The van der Waals surface area contributed by atoms with Crippen molar-refractivity contribution in [2.75, 3.05) is 59.5 Å². The molecule has 4 aliphatic heterocycles. The van der Waals surface area contributed by atoms with Crippen LogP contribution in [0.15, 0.2) is 0 Å². The molecule has 4 rings (SSSR count). The number of hydrogen-bond acceptors (Lipinski definition) is 4. The number of rotatable bonds is 7. The van der Waals surface area contributed by atoms with Gasteiger partial charge in [0.15, 0.2) is 5.11 Å². The first-order valence-corrected chi connectivity index (χ1v) is 10.1. The first kappa shape index (κ1) is 18.4. The van der Waals surface area contributed by atoms with Gasteiger partial charge in [0.1, 0.15) is 0 Å². The molecule has 0 aliphatic carbocycles. The molecule has 24 heavy (non-hydrogen) atoms. The van der Waals surface area contributed by atoms with Crippen molar-refractivity contribution in [2.45, 2.75) is 38.1 Å². The van der Waals surface area contributed by atoms with Gasteiger partial charge < -0.3 is 20.3 Å². The Hall–Kier alpha value is -0.430. The number of methoxy groups -OCH3 is 1. The van der Waals surface area contributed by atoms with Crippen molar-refractivity contribution < 1.29 is 4.74 Å². The molecule has 2 bridgehead atoms. The molecule has 0 aromatic heterocycles. The zero-order valence-corrected chi connectivity index (χ0v) is 16.0. The molecule has 4 fully saturated rings. The smallest absolute Gasteiger partial charge is 0.166 e. The Bertz CT molecular complexity index is 402. The lowest BCUT2D eigenvalue weighted by Crippen LogP contribution is -2.59. The van der Waals surface area contributed by atoms with Gasteiger partial charge in [0.25, 0.3) is 0 Å². The van der Waals surface area contributed by atoms with Gasteiger partial charge in [0, 0.05) is 39.3 Å². The van der Waals surface area contributed by atoms with Gasteiger partial charge >= 0.3 is 0 Å². The monoisotopic (exact) mass is 354 g/mol. The molecule has 5 nitrogen and oxygen atoms in total. The molecule has 6 heteroatoms. The van der Waals surface area contributed by atoms with Crippen molar-refractivity contribution >= 4 is 17.3 Å². The Morgan fingerprint density at radius 3 is 2.71 bits per heavy atom. The molecule has 0 aromatic rings. The van der Waals surface area contributed by atoms with E-state index in [0.29, 0.717) is 12.6 Å². The summed E-state index contributed by atoms with van der Waals surface area (Å²) in [5.74, 6) is 1.80. The van der Waals surface area contributed by atoms with Crippen LogP contribution in [0, 0.1) is 11.8 Å². The molecule has 2 N–H and O–H groups in total. The van der Waals surface area contributed by atoms with Crippen LogP contribution in [-0.2, 0) is 4.74 Å². The lowest BCUT2D eigenvalue weighted by Gasteiger charge is -2.51. The van der Waals surface area contributed by atoms with Crippen molar-refractivity contribution in [2.24, 2.45) is 11.8 Å². The number of fused-ring (bicyclic) bond motifs is 3. The maximum absolute atomic E-state index is 5.35. The molecule has 138 valence electrons. The molecule has 0 amide bonds. The van der Waals surface area contributed by atoms with E-state index in [0.717, 1.165) is 30.0 Å². The fourth-order valence-electron chi connectivity index (χ4n) is 4.68. The van der Waals surface area contributed by atoms with Crippen LogP contribution in [0.25, 0.3) is 0 Å². The normalized spacial score (nSPS) is 33.4. The average Bonchev–Trinajstić information content (AvgIpc) is 2.62. The van der Waals surface area contributed by atoms with E-state index in [1.807, 2.05) is 0 Å². The molecule has 0 spiro atoms. The van der Waals surface area contributed by atoms with Crippen molar-refractivity contribution in [3.63, 3.8) is 0 Å². The number of thiocarbonyl (C=S) groups is 1. The number of ether oxygens (including phenoxy) is 1. The predicted molar refractivity (Wildman–Crippen MR) is 102 cm³/mol. The van der Waals surface area contributed by atoms with Crippen LogP contribution in [0.5, 0.6) is 0 Å². The summed E-state index contributed by atoms with van der Waals surface area (Å²) in [4.78, 5) is 5.43. The molecular weight excluding hydrogens is 320 g/mol. The highest BCUT2D eigenvalue weighted by Gasteiger charge is 2.40. The second-order valence-corrected chi connectivity index (χ2v) is 8.09. The van der Waals surface area contributed by atoms with E-state index in [-0.39, 0.29) is 0 Å². The minimum Gasteiger partial charge on any atom is -0.383 e. The number of nitrogens with zero attached hydrogens (tertiary/aromatic N) is 2. The van der Waals surface area contributed by atoms with E-state index >= 15 is 0 Å². The first-order valence-electron chi connectivity index (χ1n) is 9.73. The summed E-state index contributed by atoms with van der Waals surface area (Å²) in [6, 6.07) is 0.656. The van der Waals surface area contributed by atoms with E-state index in [4.69, 9.17) is 17.0 Å². The molecule has 4 atom stereocenters. The van der Waals surface area contributed by atoms with Crippen LogP contribution in [0.2, 0.25) is 0 Å². The van der Waals surface area contributed by atoms with Crippen molar-refractivity contribution in [1.82, 2.24) is 20.4 Å².